The summed E-state index contributed by atoms with van der Waals surface area (Å²) in [5.74, 6) is 1.15. The predicted molar refractivity (Wildman–Crippen MR) is 130 cm³/mol. The van der Waals surface area contributed by atoms with E-state index >= 15 is 0 Å². The molecule has 0 aliphatic carbocycles. The van der Waals surface area contributed by atoms with Gasteiger partial charge in [-0.2, -0.15) is 14.6 Å². The molecular weight excluding hydrogens is 438 g/mol. The third-order valence-corrected chi connectivity index (χ3v) is 6.30. The van der Waals surface area contributed by atoms with Gasteiger partial charge >= 0.3 is 0 Å². The fourth-order valence-corrected chi connectivity index (χ4v) is 4.37. The zero-order valence-electron chi connectivity index (χ0n) is 19.2. The van der Waals surface area contributed by atoms with Crippen molar-refractivity contribution in [2.45, 2.75) is 32.6 Å². The molecule has 33 heavy (non-hydrogen) atoms. The van der Waals surface area contributed by atoms with Crippen LogP contribution in [0.5, 0.6) is 11.5 Å². The highest BCUT2D eigenvalue weighted by atomic mass is 32.1. The summed E-state index contributed by atoms with van der Waals surface area (Å²) in [6.07, 6.45) is 2.02. The molecule has 2 aromatic carbocycles. The van der Waals surface area contributed by atoms with Crippen molar-refractivity contribution in [1.29, 1.82) is 0 Å². The van der Waals surface area contributed by atoms with Crippen molar-refractivity contribution in [1.82, 2.24) is 14.6 Å². The van der Waals surface area contributed by atoms with E-state index in [0.29, 0.717) is 16.0 Å². The van der Waals surface area contributed by atoms with Crippen LogP contribution in [0.15, 0.2) is 52.1 Å². The third kappa shape index (κ3) is 4.66. The van der Waals surface area contributed by atoms with E-state index in [9.17, 15) is 9.59 Å². The molecule has 0 saturated heterocycles. The van der Waals surface area contributed by atoms with E-state index in [4.69, 9.17) is 9.47 Å². The van der Waals surface area contributed by atoms with Gasteiger partial charge in [0.1, 0.15) is 5.69 Å². The molecule has 0 unspecified atom stereocenters. The zero-order chi connectivity index (χ0) is 23.8. The minimum atomic E-state index is -0.452. The van der Waals surface area contributed by atoms with Crippen LogP contribution < -0.4 is 25.1 Å². The Labute approximate surface area is 195 Å². The van der Waals surface area contributed by atoms with Gasteiger partial charge in [-0.25, -0.2) is 0 Å². The standard InChI is InChI=1S/C25H25N3O4S/c1-25(2,3)17-9-6-15(7-10-17)14-21-23(30)28-24(33-21)26-22(29)18(27-28)12-16-8-11-19(31-4)20(13-16)32-5/h6-11,13-14H,12H2,1-5H3. The van der Waals surface area contributed by atoms with Gasteiger partial charge in [-0.05, 0) is 40.3 Å². The molecular formula is C25H25N3O4S. The average Bonchev–Trinajstić information content (AvgIpc) is 3.07. The second kappa shape index (κ2) is 8.78. The minimum absolute atomic E-state index is 0.0539. The number of hydrogen-bond acceptors (Lipinski definition) is 7. The molecule has 2 aromatic heterocycles. The molecule has 0 N–H and O–H groups in total. The van der Waals surface area contributed by atoms with Crippen LogP contribution in [0, 0.1) is 0 Å². The number of aromatic nitrogens is 3. The van der Waals surface area contributed by atoms with Crippen molar-refractivity contribution in [2.24, 2.45) is 0 Å². The van der Waals surface area contributed by atoms with E-state index in [0.717, 1.165) is 22.5 Å². The number of nitrogens with zero attached hydrogens (tertiary/aromatic N) is 3. The van der Waals surface area contributed by atoms with Crippen LogP contribution in [0.2, 0.25) is 0 Å². The maximum atomic E-state index is 13.0. The average molecular weight is 464 g/mol. The molecule has 0 aliphatic heterocycles. The van der Waals surface area contributed by atoms with Gasteiger partial charge in [0, 0.05) is 6.42 Å². The quantitative estimate of drug-likeness (QED) is 0.453. The van der Waals surface area contributed by atoms with Crippen LogP contribution in [0.3, 0.4) is 0 Å². The number of fused-ring (bicyclic) bond motifs is 1. The predicted octanol–water partition coefficient (Wildman–Crippen LogP) is 2.96. The van der Waals surface area contributed by atoms with Crippen molar-refractivity contribution in [3.05, 3.63) is 90.1 Å². The number of benzene rings is 2. The maximum absolute atomic E-state index is 13.0. The Morgan fingerprint density at radius 2 is 1.70 bits per heavy atom. The monoisotopic (exact) mass is 463 g/mol. The topological polar surface area (TPSA) is 82.8 Å². The first-order chi connectivity index (χ1) is 15.7. The Balaban J connectivity index is 1.71. The first-order valence-corrected chi connectivity index (χ1v) is 11.3. The van der Waals surface area contributed by atoms with Gasteiger partial charge in [-0.3, -0.25) is 9.59 Å². The molecule has 4 rings (SSSR count). The fourth-order valence-electron chi connectivity index (χ4n) is 3.47. The molecule has 2 heterocycles. The second-order valence-electron chi connectivity index (χ2n) is 8.71. The van der Waals surface area contributed by atoms with Gasteiger partial charge in [0.25, 0.3) is 11.1 Å². The highest BCUT2D eigenvalue weighted by molar-refractivity contribution is 7.15. The molecule has 8 heteroatoms. The number of thiazole rings is 1. The Morgan fingerprint density at radius 1 is 1.00 bits per heavy atom. The molecule has 0 saturated carbocycles. The molecule has 0 spiro atoms. The summed E-state index contributed by atoms with van der Waals surface area (Å²) in [5, 5.41) is 4.32. The normalized spacial score (nSPS) is 12.3. The lowest BCUT2D eigenvalue weighted by Gasteiger charge is -2.18. The molecule has 4 aromatic rings. The lowest BCUT2D eigenvalue weighted by Crippen LogP contribution is -2.28. The lowest BCUT2D eigenvalue weighted by molar-refractivity contribution is 0.354. The van der Waals surface area contributed by atoms with Gasteiger partial charge in [-0.1, -0.05) is 62.4 Å². The van der Waals surface area contributed by atoms with E-state index in [2.05, 4.69) is 43.0 Å². The summed E-state index contributed by atoms with van der Waals surface area (Å²) < 4.78 is 12.3. The summed E-state index contributed by atoms with van der Waals surface area (Å²) in [6, 6.07) is 13.5. The highest BCUT2D eigenvalue weighted by Gasteiger charge is 2.14. The van der Waals surface area contributed by atoms with E-state index in [1.807, 2.05) is 18.2 Å². The molecule has 0 bridgehead atoms. The summed E-state index contributed by atoms with van der Waals surface area (Å²) in [5.41, 5.74) is 2.41. The molecule has 0 radical (unpaired) electrons. The summed E-state index contributed by atoms with van der Waals surface area (Å²) in [4.78, 5) is 29.9. The summed E-state index contributed by atoms with van der Waals surface area (Å²) in [7, 11) is 3.11. The van der Waals surface area contributed by atoms with Gasteiger partial charge in [-0.15, -0.1) is 0 Å². The first kappa shape index (κ1) is 22.7. The molecule has 0 aliphatic rings. The van der Waals surface area contributed by atoms with Crippen LogP contribution >= 0.6 is 11.3 Å². The molecule has 0 atom stereocenters. The Kier molecular flexibility index (Phi) is 6.03. The number of methoxy groups -OCH3 is 2. The molecule has 170 valence electrons. The highest BCUT2D eigenvalue weighted by Crippen LogP contribution is 2.28. The number of ether oxygens (including phenoxy) is 2. The van der Waals surface area contributed by atoms with Crippen LogP contribution in [-0.2, 0) is 11.8 Å². The Hall–Kier alpha value is -3.52. The van der Waals surface area contributed by atoms with Crippen LogP contribution in [0.1, 0.15) is 43.2 Å². The largest absolute Gasteiger partial charge is 0.493 e. The van der Waals surface area contributed by atoms with Crippen molar-refractivity contribution < 1.29 is 9.47 Å². The number of hydrogen-bond donors (Lipinski definition) is 0. The zero-order valence-corrected chi connectivity index (χ0v) is 20.0. The van der Waals surface area contributed by atoms with E-state index in [1.165, 1.54) is 10.1 Å². The van der Waals surface area contributed by atoms with Gasteiger partial charge in [0.15, 0.2) is 11.5 Å². The number of rotatable bonds is 5. The Bertz CT molecular complexity index is 1480. The van der Waals surface area contributed by atoms with Crippen molar-refractivity contribution in [3.63, 3.8) is 0 Å². The second-order valence-corrected chi connectivity index (χ2v) is 9.72. The van der Waals surface area contributed by atoms with Gasteiger partial charge < -0.3 is 9.47 Å². The van der Waals surface area contributed by atoms with Crippen molar-refractivity contribution in [2.75, 3.05) is 14.2 Å². The molecule has 0 fully saturated rings. The van der Waals surface area contributed by atoms with Crippen LogP contribution in [-0.4, -0.2) is 28.8 Å². The van der Waals surface area contributed by atoms with Gasteiger partial charge in [0.2, 0.25) is 4.96 Å². The van der Waals surface area contributed by atoms with Gasteiger partial charge in [0.05, 0.1) is 18.8 Å². The van der Waals surface area contributed by atoms with E-state index in [-0.39, 0.29) is 28.0 Å². The fraction of sp³-hybridized carbons (Fsp3) is 0.280. The molecule has 7 nitrogen and oxygen atoms in total. The van der Waals surface area contributed by atoms with Crippen LogP contribution in [0.25, 0.3) is 11.0 Å². The van der Waals surface area contributed by atoms with Crippen LogP contribution in [0.4, 0.5) is 0 Å². The van der Waals surface area contributed by atoms with Crippen molar-refractivity contribution >= 4 is 22.4 Å². The van der Waals surface area contributed by atoms with E-state index < -0.39 is 5.56 Å². The first-order valence-electron chi connectivity index (χ1n) is 10.5. The SMILES string of the molecule is COc1ccc(Cc2nn3c(=O)c(=Cc4ccc(C(C)(C)C)cc4)sc3nc2=O)cc1OC. The third-order valence-electron chi connectivity index (χ3n) is 5.34. The van der Waals surface area contributed by atoms with Crippen molar-refractivity contribution in [3.8, 4) is 11.5 Å². The summed E-state index contributed by atoms with van der Waals surface area (Å²) >= 11 is 1.15. The maximum Gasteiger partial charge on any atom is 0.296 e. The minimum Gasteiger partial charge on any atom is -0.493 e. The smallest absolute Gasteiger partial charge is 0.296 e. The Morgan fingerprint density at radius 3 is 2.33 bits per heavy atom. The summed E-state index contributed by atoms with van der Waals surface area (Å²) in [6.45, 7) is 6.46. The van der Waals surface area contributed by atoms with E-state index in [1.54, 1.807) is 32.4 Å². The lowest BCUT2D eigenvalue weighted by atomic mass is 9.87. The molecule has 0 amide bonds.